The Hall–Kier alpha value is -2.05. The first-order valence-electron chi connectivity index (χ1n) is 10.1. The van der Waals surface area contributed by atoms with E-state index in [4.69, 9.17) is 0 Å². The minimum Gasteiger partial charge on any atom is -0.435 e. The van der Waals surface area contributed by atoms with Crippen molar-refractivity contribution in [1.82, 2.24) is 15.5 Å². The molecular weight excluding hydrogens is 536 g/mol. The van der Waals surface area contributed by atoms with Crippen LogP contribution in [0.25, 0.3) is 0 Å². The van der Waals surface area contributed by atoms with Gasteiger partial charge in [0.1, 0.15) is 11.6 Å². The smallest absolute Gasteiger partial charge is 0.387 e. The number of hydrogen-bond donors (Lipinski definition) is 3. The summed E-state index contributed by atoms with van der Waals surface area (Å²) in [6.45, 7) is 1.87. The zero-order valence-electron chi connectivity index (χ0n) is 18.1. The molecule has 0 aliphatic heterocycles. The molecule has 1 atom stereocenters. The van der Waals surface area contributed by atoms with Gasteiger partial charge in [0.25, 0.3) is 0 Å². The summed E-state index contributed by atoms with van der Waals surface area (Å²) in [5.74, 6) is 0.350. The first kappa shape index (κ1) is 28.0. The van der Waals surface area contributed by atoms with Gasteiger partial charge in [0.15, 0.2) is 5.96 Å². The van der Waals surface area contributed by atoms with Crippen LogP contribution in [0, 0.1) is 5.82 Å². The first-order chi connectivity index (χ1) is 14.9. The quantitative estimate of drug-likeness (QED) is 0.220. The molecule has 6 nitrogen and oxygen atoms in total. The lowest BCUT2D eigenvalue weighted by Crippen LogP contribution is -2.41. The Morgan fingerprint density at radius 3 is 2.34 bits per heavy atom. The van der Waals surface area contributed by atoms with E-state index in [0.29, 0.717) is 31.2 Å². The molecule has 0 aliphatic carbocycles. The summed E-state index contributed by atoms with van der Waals surface area (Å²) in [5.41, 5.74) is 1.58. The Labute approximate surface area is 203 Å². The molecule has 0 saturated heterocycles. The van der Waals surface area contributed by atoms with Gasteiger partial charge in [-0.25, -0.2) is 4.39 Å². The van der Waals surface area contributed by atoms with Gasteiger partial charge in [0.05, 0.1) is 12.6 Å². The molecule has 10 heteroatoms. The van der Waals surface area contributed by atoms with Crippen LogP contribution in [0.5, 0.6) is 5.75 Å². The largest absolute Gasteiger partial charge is 0.435 e. The van der Waals surface area contributed by atoms with E-state index in [0.717, 1.165) is 12.1 Å². The van der Waals surface area contributed by atoms with Crippen LogP contribution >= 0.6 is 24.0 Å². The van der Waals surface area contributed by atoms with Gasteiger partial charge in [-0.1, -0.05) is 24.3 Å². The van der Waals surface area contributed by atoms with Gasteiger partial charge in [-0.05, 0) is 49.4 Å². The Morgan fingerprint density at radius 2 is 1.75 bits per heavy atom. The number of likely N-dealkylation sites (N-methyl/N-ethyl adjacent to an activating group) is 1. The molecule has 0 amide bonds. The van der Waals surface area contributed by atoms with Gasteiger partial charge >= 0.3 is 6.61 Å². The van der Waals surface area contributed by atoms with Gasteiger partial charge in [0, 0.05) is 26.2 Å². The highest BCUT2D eigenvalue weighted by Crippen LogP contribution is 2.19. The molecule has 0 saturated carbocycles. The number of ether oxygens (including phenoxy) is 1. The van der Waals surface area contributed by atoms with Gasteiger partial charge in [-0.3, -0.25) is 4.99 Å². The molecule has 0 radical (unpaired) electrons. The zero-order chi connectivity index (χ0) is 22.6. The minimum absolute atomic E-state index is 0. The maximum Gasteiger partial charge on any atom is 0.387 e. The van der Waals surface area contributed by atoms with Crippen molar-refractivity contribution in [2.24, 2.45) is 4.99 Å². The van der Waals surface area contributed by atoms with Crippen molar-refractivity contribution in [1.29, 1.82) is 0 Å². The van der Waals surface area contributed by atoms with Crippen LogP contribution in [0.3, 0.4) is 0 Å². The lowest BCUT2D eigenvalue weighted by atomic mass is 10.1. The predicted molar refractivity (Wildman–Crippen MR) is 130 cm³/mol. The third-order valence-electron chi connectivity index (χ3n) is 4.41. The van der Waals surface area contributed by atoms with Crippen LogP contribution in [-0.4, -0.2) is 55.8 Å². The minimum atomic E-state index is -2.89. The number of halogens is 4. The van der Waals surface area contributed by atoms with E-state index in [1.807, 2.05) is 14.0 Å². The highest BCUT2D eigenvalue weighted by Gasteiger charge is 2.10. The Morgan fingerprint density at radius 1 is 1.09 bits per heavy atom. The average Bonchev–Trinajstić information content (AvgIpc) is 2.73. The molecule has 178 valence electrons. The second-order valence-electron chi connectivity index (χ2n) is 6.97. The van der Waals surface area contributed by atoms with Gasteiger partial charge in [0.2, 0.25) is 0 Å². The van der Waals surface area contributed by atoms with Crippen molar-refractivity contribution in [3.05, 3.63) is 65.5 Å². The monoisotopic (exact) mass is 566 g/mol. The van der Waals surface area contributed by atoms with E-state index in [2.05, 4.69) is 25.3 Å². The van der Waals surface area contributed by atoms with Crippen LogP contribution in [-0.2, 0) is 6.54 Å². The average molecular weight is 566 g/mol. The van der Waals surface area contributed by atoms with Crippen molar-refractivity contribution in [2.45, 2.75) is 26.2 Å². The molecule has 1 unspecified atom stereocenters. The predicted octanol–water partition coefficient (Wildman–Crippen LogP) is 3.77. The molecule has 0 fully saturated rings. The maximum atomic E-state index is 13.0. The number of alkyl halides is 2. The van der Waals surface area contributed by atoms with Crippen molar-refractivity contribution in [2.75, 3.05) is 33.2 Å². The number of hydrogen-bond acceptors (Lipinski definition) is 4. The standard InChI is InChI=1S/C22H29F3N4O2.HI/c1-3-26-22(27-12-13-29(2)15-16-4-8-18(23)9-5-16)28-14-20(30)17-6-10-19(11-7-17)31-21(24)25;/h4-11,20-21,30H,3,12-15H2,1-2H3,(H2,26,27,28);1H. The fourth-order valence-corrected chi connectivity index (χ4v) is 2.84. The molecule has 3 N–H and O–H groups in total. The first-order valence-corrected chi connectivity index (χ1v) is 10.1. The molecule has 0 bridgehead atoms. The van der Waals surface area contributed by atoms with E-state index in [-0.39, 0.29) is 42.1 Å². The summed E-state index contributed by atoms with van der Waals surface area (Å²) in [5, 5.41) is 16.6. The summed E-state index contributed by atoms with van der Waals surface area (Å²) >= 11 is 0. The van der Waals surface area contributed by atoms with Crippen LogP contribution in [0.15, 0.2) is 53.5 Å². The van der Waals surface area contributed by atoms with Gasteiger partial charge < -0.3 is 25.4 Å². The number of aliphatic imine (C=N–C) groups is 1. The van der Waals surface area contributed by atoms with Crippen LogP contribution in [0.1, 0.15) is 24.2 Å². The lowest BCUT2D eigenvalue weighted by Gasteiger charge is -2.18. The molecule has 0 heterocycles. The van der Waals surface area contributed by atoms with Gasteiger partial charge in [-0.2, -0.15) is 8.78 Å². The number of rotatable bonds is 11. The molecule has 2 aromatic carbocycles. The van der Waals surface area contributed by atoms with Crippen molar-refractivity contribution >= 4 is 29.9 Å². The molecule has 0 aliphatic rings. The Balaban J connectivity index is 0.00000512. The number of aliphatic hydroxyl groups excluding tert-OH is 1. The fourth-order valence-electron chi connectivity index (χ4n) is 2.84. The van der Waals surface area contributed by atoms with E-state index in [1.165, 1.54) is 36.4 Å². The number of nitrogens with one attached hydrogen (secondary N) is 2. The summed E-state index contributed by atoms with van der Waals surface area (Å²) in [4.78, 5) is 6.48. The molecule has 0 aromatic heterocycles. The third-order valence-corrected chi connectivity index (χ3v) is 4.41. The zero-order valence-corrected chi connectivity index (χ0v) is 20.4. The van der Waals surface area contributed by atoms with Crippen LogP contribution in [0.4, 0.5) is 13.2 Å². The van der Waals surface area contributed by atoms with Gasteiger partial charge in [-0.15, -0.1) is 24.0 Å². The Kier molecular flexibility index (Phi) is 13.0. The normalized spacial score (nSPS) is 12.4. The number of nitrogens with zero attached hydrogens (tertiary/aromatic N) is 2. The maximum absolute atomic E-state index is 13.0. The highest BCUT2D eigenvalue weighted by atomic mass is 127. The summed E-state index contributed by atoms with van der Waals surface area (Å²) in [6.07, 6.45) is -0.878. The molecule has 0 spiro atoms. The van der Waals surface area contributed by atoms with Crippen LogP contribution in [0.2, 0.25) is 0 Å². The van der Waals surface area contributed by atoms with Crippen molar-refractivity contribution < 1.29 is 23.0 Å². The number of benzene rings is 2. The fraction of sp³-hybridized carbons (Fsp3) is 0.409. The third kappa shape index (κ3) is 10.5. The van der Waals surface area contributed by atoms with Crippen molar-refractivity contribution in [3.63, 3.8) is 0 Å². The number of guanidine groups is 1. The summed E-state index contributed by atoms with van der Waals surface area (Å²) < 4.78 is 41.7. The van der Waals surface area contributed by atoms with Crippen LogP contribution < -0.4 is 15.4 Å². The second kappa shape index (κ2) is 14.9. The Bertz CT molecular complexity index is 808. The summed E-state index contributed by atoms with van der Waals surface area (Å²) in [6, 6.07) is 12.2. The topological polar surface area (TPSA) is 69.1 Å². The number of aliphatic hydroxyl groups is 1. The lowest BCUT2D eigenvalue weighted by molar-refractivity contribution is -0.0498. The summed E-state index contributed by atoms with van der Waals surface area (Å²) in [7, 11) is 1.97. The van der Waals surface area contributed by atoms with Crippen molar-refractivity contribution in [3.8, 4) is 5.75 Å². The van der Waals surface area contributed by atoms with E-state index >= 15 is 0 Å². The van der Waals surface area contributed by atoms with E-state index in [9.17, 15) is 18.3 Å². The molecule has 32 heavy (non-hydrogen) atoms. The molecule has 2 aromatic rings. The second-order valence-corrected chi connectivity index (χ2v) is 6.97. The molecular formula is C22H30F3IN4O2. The van der Waals surface area contributed by atoms with E-state index in [1.54, 1.807) is 12.1 Å². The molecule has 2 rings (SSSR count). The SMILES string of the molecule is CCNC(=NCC(O)c1ccc(OC(F)F)cc1)NCCN(C)Cc1ccc(F)cc1.I. The van der Waals surface area contributed by atoms with E-state index < -0.39 is 12.7 Å². The highest BCUT2D eigenvalue weighted by molar-refractivity contribution is 14.0.